The van der Waals surface area contributed by atoms with Gasteiger partial charge in [-0.3, -0.25) is 15.2 Å². The second kappa shape index (κ2) is 10.0. The van der Waals surface area contributed by atoms with E-state index in [0.29, 0.717) is 23.4 Å². The molecule has 1 aromatic rings. The molecule has 0 spiro atoms. The van der Waals surface area contributed by atoms with Gasteiger partial charge in [0.25, 0.3) is 5.91 Å². The molecule has 2 rings (SSSR count). The first-order chi connectivity index (χ1) is 9.58. The lowest BCUT2D eigenvalue weighted by molar-refractivity contribution is 0.0882. The molecule has 2 N–H and O–H groups in total. The van der Waals surface area contributed by atoms with E-state index in [-0.39, 0.29) is 30.7 Å². The minimum atomic E-state index is -0.0897. The van der Waals surface area contributed by atoms with Crippen molar-refractivity contribution in [2.24, 2.45) is 17.8 Å². The van der Waals surface area contributed by atoms with Crippen molar-refractivity contribution in [2.45, 2.75) is 46.1 Å². The largest absolute Gasteiger partial charge is 0.287 e. The van der Waals surface area contributed by atoms with E-state index in [9.17, 15) is 4.79 Å². The summed E-state index contributed by atoms with van der Waals surface area (Å²) in [6.07, 6.45) is 6.92. The number of hydrogen-bond acceptors (Lipinski definition) is 3. The van der Waals surface area contributed by atoms with E-state index < -0.39 is 0 Å². The molecule has 22 heavy (non-hydrogen) atoms. The number of carbonyl (C=O) groups excluding carboxylic acids is 1. The van der Waals surface area contributed by atoms with Gasteiger partial charge < -0.3 is 0 Å². The van der Waals surface area contributed by atoms with Gasteiger partial charge in [0, 0.05) is 24.0 Å². The molecule has 1 aliphatic carbocycles. The summed E-state index contributed by atoms with van der Waals surface area (Å²) >= 11 is 0. The topological polar surface area (TPSA) is 54.0 Å². The van der Waals surface area contributed by atoms with Crippen LogP contribution in [0.15, 0.2) is 24.5 Å². The van der Waals surface area contributed by atoms with Crippen LogP contribution >= 0.6 is 24.8 Å². The van der Waals surface area contributed by atoms with Crippen LogP contribution in [0.3, 0.4) is 0 Å². The zero-order valence-electron chi connectivity index (χ0n) is 13.4. The molecule has 6 heteroatoms. The van der Waals surface area contributed by atoms with Crippen molar-refractivity contribution < 1.29 is 4.79 Å². The SMILES string of the molecule is CC1CCC(C(C)C)C(NNC(=O)c2ccncc2)C1.Cl.Cl. The monoisotopic (exact) mass is 347 g/mol. The standard InChI is InChI=1S/C16H25N3O.2ClH/c1-11(2)14-5-4-12(3)10-15(14)18-19-16(20)13-6-8-17-9-7-13;;/h6-9,11-12,14-15,18H,4-5,10H2,1-3H3,(H,19,20);2*1H. The number of pyridine rings is 1. The van der Waals surface area contributed by atoms with Crippen molar-refractivity contribution in [3.63, 3.8) is 0 Å². The lowest BCUT2D eigenvalue weighted by Crippen LogP contribution is -2.51. The average Bonchev–Trinajstić information content (AvgIpc) is 2.45. The van der Waals surface area contributed by atoms with Gasteiger partial charge in [-0.1, -0.05) is 27.2 Å². The summed E-state index contributed by atoms with van der Waals surface area (Å²) in [5.74, 6) is 1.90. The van der Waals surface area contributed by atoms with Gasteiger partial charge in [0.2, 0.25) is 0 Å². The van der Waals surface area contributed by atoms with Crippen molar-refractivity contribution in [1.29, 1.82) is 0 Å². The van der Waals surface area contributed by atoms with E-state index in [1.54, 1.807) is 24.5 Å². The Morgan fingerprint density at radius 1 is 1.23 bits per heavy atom. The molecule has 3 atom stereocenters. The first kappa shape index (κ1) is 21.2. The third-order valence-electron chi connectivity index (χ3n) is 4.34. The van der Waals surface area contributed by atoms with Crippen LogP contribution in [-0.4, -0.2) is 16.9 Å². The van der Waals surface area contributed by atoms with Crippen molar-refractivity contribution in [1.82, 2.24) is 15.8 Å². The van der Waals surface area contributed by atoms with E-state index in [1.807, 2.05) is 0 Å². The Morgan fingerprint density at radius 3 is 2.45 bits per heavy atom. The predicted molar refractivity (Wildman–Crippen MR) is 94.5 cm³/mol. The number of carbonyl (C=O) groups is 1. The van der Waals surface area contributed by atoms with Crippen LogP contribution in [0.5, 0.6) is 0 Å². The van der Waals surface area contributed by atoms with Crippen molar-refractivity contribution in [3.05, 3.63) is 30.1 Å². The molecule has 4 nitrogen and oxygen atoms in total. The predicted octanol–water partition coefficient (Wildman–Crippen LogP) is 3.62. The molecule has 0 saturated heterocycles. The van der Waals surface area contributed by atoms with Crippen LogP contribution in [0, 0.1) is 17.8 Å². The van der Waals surface area contributed by atoms with E-state index in [0.717, 1.165) is 12.3 Å². The van der Waals surface area contributed by atoms with Crippen LogP contribution in [0.4, 0.5) is 0 Å². The molecule has 1 aromatic heterocycles. The Bertz CT molecular complexity index is 442. The highest BCUT2D eigenvalue weighted by Crippen LogP contribution is 2.33. The Morgan fingerprint density at radius 2 is 1.86 bits per heavy atom. The highest BCUT2D eigenvalue weighted by Gasteiger charge is 2.30. The fourth-order valence-corrected chi connectivity index (χ4v) is 3.10. The Balaban J connectivity index is 0.00000220. The van der Waals surface area contributed by atoms with E-state index in [2.05, 4.69) is 36.6 Å². The summed E-state index contributed by atoms with van der Waals surface area (Å²) in [6, 6.07) is 3.81. The third kappa shape index (κ3) is 5.75. The van der Waals surface area contributed by atoms with Gasteiger partial charge in [-0.05, 0) is 42.7 Å². The summed E-state index contributed by atoms with van der Waals surface area (Å²) in [4.78, 5) is 16.0. The van der Waals surface area contributed by atoms with Gasteiger partial charge in [0.15, 0.2) is 0 Å². The second-order valence-electron chi connectivity index (χ2n) is 6.27. The molecule has 1 fully saturated rings. The maximum Gasteiger partial charge on any atom is 0.265 e. The van der Waals surface area contributed by atoms with Crippen LogP contribution in [0.2, 0.25) is 0 Å². The number of amides is 1. The number of rotatable bonds is 4. The maximum atomic E-state index is 12.0. The van der Waals surface area contributed by atoms with Crippen LogP contribution in [0.1, 0.15) is 50.4 Å². The van der Waals surface area contributed by atoms with Gasteiger partial charge in [-0.25, -0.2) is 5.43 Å². The van der Waals surface area contributed by atoms with Crippen molar-refractivity contribution in [3.8, 4) is 0 Å². The second-order valence-corrected chi connectivity index (χ2v) is 6.27. The van der Waals surface area contributed by atoms with E-state index >= 15 is 0 Å². The Labute approximate surface area is 145 Å². The van der Waals surface area contributed by atoms with E-state index in [4.69, 9.17) is 0 Å². The fourth-order valence-electron chi connectivity index (χ4n) is 3.10. The number of nitrogens with zero attached hydrogens (tertiary/aromatic N) is 1. The van der Waals surface area contributed by atoms with Crippen LogP contribution < -0.4 is 10.9 Å². The molecule has 1 saturated carbocycles. The van der Waals surface area contributed by atoms with Crippen molar-refractivity contribution in [2.75, 3.05) is 0 Å². The number of hydrazine groups is 1. The molecule has 126 valence electrons. The Kier molecular flexibility index (Phi) is 9.65. The van der Waals surface area contributed by atoms with Gasteiger partial charge in [-0.15, -0.1) is 24.8 Å². The van der Waals surface area contributed by atoms with Gasteiger partial charge in [0.05, 0.1) is 0 Å². The molecule has 1 heterocycles. The smallest absolute Gasteiger partial charge is 0.265 e. The molecule has 0 aliphatic heterocycles. The quantitative estimate of drug-likeness (QED) is 0.817. The lowest BCUT2D eigenvalue weighted by atomic mass is 9.74. The lowest BCUT2D eigenvalue weighted by Gasteiger charge is -2.37. The average molecular weight is 348 g/mol. The molecule has 0 aromatic carbocycles. The van der Waals surface area contributed by atoms with Gasteiger partial charge in [-0.2, -0.15) is 0 Å². The molecular weight excluding hydrogens is 321 g/mol. The Hall–Kier alpha value is -0.840. The third-order valence-corrected chi connectivity index (χ3v) is 4.34. The highest BCUT2D eigenvalue weighted by atomic mass is 35.5. The summed E-state index contributed by atoms with van der Waals surface area (Å²) < 4.78 is 0. The molecule has 0 radical (unpaired) electrons. The van der Waals surface area contributed by atoms with Gasteiger partial charge >= 0.3 is 0 Å². The summed E-state index contributed by atoms with van der Waals surface area (Å²) in [5.41, 5.74) is 6.76. The first-order valence-corrected chi connectivity index (χ1v) is 7.53. The first-order valence-electron chi connectivity index (χ1n) is 7.53. The van der Waals surface area contributed by atoms with Crippen molar-refractivity contribution >= 4 is 30.7 Å². The zero-order valence-corrected chi connectivity index (χ0v) is 15.0. The summed E-state index contributed by atoms with van der Waals surface area (Å²) in [7, 11) is 0. The molecule has 0 bridgehead atoms. The number of hydrogen-bond donors (Lipinski definition) is 2. The fraction of sp³-hybridized carbons (Fsp3) is 0.625. The minimum absolute atomic E-state index is 0. The summed E-state index contributed by atoms with van der Waals surface area (Å²) in [5, 5.41) is 0. The number of aromatic nitrogens is 1. The highest BCUT2D eigenvalue weighted by molar-refractivity contribution is 5.93. The zero-order chi connectivity index (χ0) is 14.5. The van der Waals surface area contributed by atoms with Gasteiger partial charge in [0.1, 0.15) is 0 Å². The van der Waals surface area contributed by atoms with Crippen LogP contribution in [0.25, 0.3) is 0 Å². The molecule has 3 unspecified atom stereocenters. The minimum Gasteiger partial charge on any atom is -0.287 e. The summed E-state index contributed by atoms with van der Waals surface area (Å²) in [6.45, 7) is 6.82. The molecular formula is C16H27Cl2N3O. The maximum absolute atomic E-state index is 12.0. The van der Waals surface area contributed by atoms with E-state index in [1.165, 1.54) is 12.8 Å². The molecule has 1 aliphatic rings. The van der Waals surface area contributed by atoms with Crippen LogP contribution in [-0.2, 0) is 0 Å². The number of nitrogens with one attached hydrogen (secondary N) is 2. The normalized spacial score (nSPS) is 24.1. The number of halogens is 2. The molecule has 1 amide bonds.